The summed E-state index contributed by atoms with van der Waals surface area (Å²) in [7, 11) is 4.31. The van der Waals surface area contributed by atoms with Gasteiger partial charge in [0.1, 0.15) is 42.0 Å². The average molecular weight is 551 g/mol. The van der Waals surface area contributed by atoms with Crippen LogP contribution in [0.2, 0.25) is 0 Å². The van der Waals surface area contributed by atoms with E-state index in [2.05, 4.69) is 0 Å². The molecule has 214 valence electrons. The van der Waals surface area contributed by atoms with Crippen LogP contribution < -0.4 is 23.7 Å². The fourth-order valence-corrected chi connectivity index (χ4v) is 4.91. The Morgan fingerprint density at radius 1 is 0.846 bits per heavy atom. The summed E-state index contributed by atoms with van der Waals surface area (Å²) in [6.07, 6.45) is -4.78. The largest absolute Gasteiger partial charge is 0.496 e. The highest BCUT2D eigenvalue weighted by Crippen LogP contribution is 2.53. The van der Waals surface area contributed by atoms with E-state index in [4.69, 9.17) is 28.4 Å². The van der Waals surface area contributed by atoms with Crippen LogP contribution in [-0.4, -0.2) is 102 Å². The third-order valence-electron chi connectivity index (χ3n) is 6.87. The predicted molar refractivity (Wildman–Crippen MR) is 136 cm³/mol. The van der Waals surface area contributed by atoms with E-state index < -0.39 is 49.3 Å². The molecule has 2 aliphatic heterocycles. The van der Waals surface area contributed by atoms with E-state index in [9.17, 15) is 30.6 Å². The Balaban J connectivity index is 1.70. The smallest absolute Gasteiger partial charge is 0.229 e. The second kappa shape index (κ2) is 12.4. The Labute approximate surface area is 225 Å². The van der Waals surface area contributed by atoms with Gasteiger partial charge in [0.15, 0.2) is 11.5 Å². The molecule has 12 heteroatoms. The Bertz CT molecular complexity index is 1140. The highest BCUT2D eigenvalue weighted by Gasteiger charge is 2.45. The van der Waals surface area contributed by atoms with Crippen molar-refractivity contribution in [1.29, 1.82) is 0 Å². The van der Waals surface area contributed by atoms with Crippen molar-refractivity contribution in [2.24, 2.45) is 0 Å². The monoisotopic (exact) mass is 550 g/mol. The molecule has 2 heterocycles. The molecular formula is C27H34O12. The lowest BCUT2D eigenvalue weighted by molar-refractivity contribution is -0.277. The quantitative estimate of drug-likeness (QED) is 0.236. The number of aliphatic hydroxyl groups excluding tert-OH is 6. The molecule has 0 aromatic heterocycles. The Kier molecular flexibility index (Phi) is 9.18. The van der Waals surface area contributed by atoms with Crippen molar-refractivity contribution in [3.05, 3.63) is 47.0 Å². The number of hydrogen-bond donors (Lipinski definition) is 6. The van der Waals surface area contributed by atoms with Gasteiger partial charge in [-0.15, -0.1) is 0 Å². The van der Waals surface area contributed by atoms with E-state index in [0.717, 1.165) is 0 Å². The van der Waals surface area contributed by atoms with Crippen molar-refractivity contribution in [3.63, 3.8) is 0 Å². The van der Waals surface area contributed by atoms with Crippen LogP contribution in [0.5, 0.6) is 28.7 Å². The van der Waals surface area contributed by atoms with Gasteiger partial charge in [0, 0.05) is 16.7 Å². The predicted octanol–water partition coefficient (Wildman–Crippen LogP) is 0.106. The second-order valence-corrected chi connectivity index (χ2v) is 9.08. The van der Waals surface area contributed by atoms with Crippen LogP contribution in [0.15, 0.2) is 30.3 Å². The zero-order valence-electron chi connectivity index (χ0n) is 21.8. The molecular weight excluding hydrogens is 516 g/mol. The SMILES string of the molecule is COc1cc([C@H]2Oc3ccc(C=CCO)c(OC)c3[C@@H]2CO)cc(OC)c1O[C@@H]1O[C@H](CO)[C@@H](O)[C@H](O)[C@H]1O. The molecule has 0 bridgehead atoms. The molecule has 0 amide bonds. The summed E-state index contributed by atoms with van der Waals surface area (Å²) in [6.45, 7) is -1.02. The van der Waals surface area contributed by atoms with E-state index in [1.165, 1.54) is 21.3 Å². The summed E-state index contributed by atoms with van der Waals surface area (Å²) in [5.41, 5.74) is 1.96. The van der Waals surface area contributed by atoms with E-state index in [0.29, 0.717) is 28.2 Å². The lowest BCUT2D eigenvalue weighted by Crippen LogP contribution is -2.60. The maximum atomic E-state index is 10.4. The Hall–Kier alpha value is -3.10. The minimum Gasteiger partial charge on any atom is -0.496 e. The van der Waals surface area contributed by atoms with E-state index >= 15 is 0 Å². The van der Waals surface area contributed by atoms with Crippen LogP contribution in [0.4, 0.5) is 0 Å². The first kappa shape index (κ1) is 28.9. The first-order chi connectivity index (χ1) is 18.8. The normalized spacial score (nSPS) is 28.2. The van der Waals surface area contributed by atoms with Crippen molar-refractivity contribution in [2.75, 3.05) is 41.2 Å². The van der Waals surface area contributed by atoms with Gasteiger partial charge in [-0.05, 0) is 24.3 Å². The Morgan fingerprint density at radius 3 is 2.10 bits per heavy atom. The molecule has 1 fully saturated rings. The van der Waals surface area contributed by atoms with Crippen LogP contribution in [0.1, 0.15) is 28.7 Å². The molecule has 0 unspecified atom stereocenters. The average Bonchev–Trinajstić information content (AvgIpc) is 3.34. The summed E-state index contributed by atoms with van der Waals surface area (Å²) >= 11 is 0. The number of aliphatic hydroxyl groups is 6. The van der Waals surface area contributed by atoms with Crippen LogP contribution in [0.3, 0.4) is 0 Å². The molecule has 0 radical (unpaired) electrons. The number of benzene rings is 2. The van der Waals surface area contributed by atoms with Gasteiger partial charge in [0.2, 0.25) is 12.0 Å². The topological polar surface area (TPSA) is 177 Å². The summed E-state index contributed by atoms with van der Waals surface area (Å²) in [4.78, 5) is 0. The molecule has 0 aliphatic carbocycles. The molecule has 0 saturated carbocycles. The van der Waals surface area contributed by atoms with E-state index in [1.807, 2.05) is 0 Å². The number of ether oxygens (including phenoxy) is 6. The highest BCUT2D eigenvalue weighted by molar-refractivity contribution is 5.66. The zero-order valence-corrected chi connectivity index (χ0v) is 21.8. The summed E-state index contributed by atoms with van der Waals surface area (Å²) in [6, 6.07) is 6.81. The molecule has 2 aliphatic rings. The zero-order chi connectivity index (χ0) is 28.3. The third-order valence-corrected chi connectivity index (χ3v) is 6.87. The van der Waals surface area contributed by atoms with Crippen LogP contribution in [-0.2, 0) is 4.74 Å². The molecule has 7 atom stereocenters. The Morgan fingerprint density at radius 2 is 1.54 bits per heavy atom. The van der Waals surface area contributed by atoms with Crippen molar-refractivity contribution >= 4 is 6.08 Å². The van der Waals surface area contributed by atoms with Crippen LogP contribution in [0.25, 0.3) is 6.08 Å². The van der Waals surface area contributed by atoms with Gasteiger partial charge < -0.3 is 59.1 Å². The van der Waals surface area contributed by atoms with Gasteiger partial charge >= 0.3 is 0 Å². The molecule has 4 rings (SSSR count). The van der Waals surface area contributed by atoms with Gasteiger partial charge in [-0.3, -0.25) is 0 Å². The van der Waals surface area contributed by atoms with Gasteiger partial charge in [-0.1, -0.05) is 12.2 Å². The van der Waals surface area contributed by atoms with Crippen LogP contribution >= 0.6 is 0 Å². The standard InChI is InChI=1S/C27H34O12/c1-34-17-9-14(10-18(35-2)26(17)39-27-23(33)22(32)21(31)19(12-30)38-27)24-15(11-29)20-16(37-24)7-6-13(5-4-8-28)25(20)36-3/h4-7,9-10,15,19,21-24,27-33H,8,11-12H2,1-3H3/t15-,19+,21+,22-,23+,24+,27-/m0/s1. The van der Waals surface area contributed by atoms with Gasteiger partial charge in [-0.2, -0.15) is 0 Å². The minimum atomic E-state index is -1.63. The van der Waals surface area contributed by atoms with Gasteiger partial charge in [-0.25, -0.2) is 0 Å². The fraction of sp³-hybridized carbons (Fsp3) is 0.481. The first-order valence-electron chi connectivity index (χ1n) is 12.3. The number of fused-ring (bicyclic) bond motifs is 1. The molecule has 1 saturated heterocycles. The minimum absolute atomic E-state index is 0.0400. The lowest BCUT2D eigenvalue weighted by atomic mass is 9.89. The molecule has 2 aromatic rings. The van der Waals surface area contributed by atoms with Gasteiger partial charge in [0.25, 0.3) is 0 Å². The first-order valence-corrected chi connectivity index (χ1v) is 12.3. The molecule has 6 N–H and O–H groups in total. The van der Waals surface area contributed by atoms with E-state index in [1.54, 1.807) is 36.4 Å². The number of hydrogen-bond acceptors (Lipinski definition) is 12. The number of methoxy groups -OCH3 is 3. The van der Waals surface area contributed by atoms with Crippen molar-refractivity contribution in [2.45, 2.75) is 42.7 Å². The summed E-state index contributed by atoms with van der Waals surface area (Å²) in [5, 5.41) is 59.7. The maximum Gasteiger partial charge on any atom is 0.229 e. The van der Waals surface area contributed by atoms with E-state index in [-0.39, 0.29) is 30.5 Å². The second-order valence-electron chi connectivity index (χ2n) is 9.08. The fourth-order valence-electron chi connectivity index (χ4n) is 4.91. The molecule has 39 heavy (non-hydrogen) atoms. The van der Waals surface area contributed by atoms with Crippen molar-refractivity contribution in [3.8, 4) is 28.7 Å². The lowest BCUT2D eigenvalue weighted by Gasteiger charge is -2.39. The third kappa shape index (κ3) is 5.37. The highest BCUT2D eigenvalue weighted by atomic mass is 16.7. The molecule has 0 spiro atoms. The molecule has 2 aromatic carbocycles. The molecule has 12 nitrogen and oxygen atoms in total. The number of rotatable bonds is 10. The van der Waals surface area contributed by atoms with Crippen molar-refractivity contribution in [1.82, 2.24) is 0 Å². The van der Waals surface area contributed by atoms with Crippen LogP contribution in [0, 0.1) is 0 Å². The van der Waals surface area contributed by atoms with Gasteiger partial charge in [0.05, 0.1) is 47.1 Å². The summed E-state index contributed by atoms with van der Waals surface area (Å²) in [5.74, 6) is 0.909. The summed E-state index contributed by atoms with van der Waals surface area (Å²) < 4.78 is 34.3. The van der Waals surface area contributed by atoms with Crippen molar-refractivity contribution < 1.29 is 59.1 Å². The maximum absolute atomic E-state index is 10.4.